The van der Waals surface area contributed by atoms with Crippen molar-refractivity contribution in [3.8, 4) is 0 Å². The Morgan fingerprint density at radius 1 is 0.727 bits per heavy atom. The first-order valence-electron chi connectivity index (χ1n) is 8.68. The second-order valence-corrected chi connectivity index (χ2v) is 6.64. The number of rotatable bonds is 1. The highest BCUT2D eigenvalue weighted by Gasteiger charge is 2.41. The Labute approximate surface area is 132 Å². The van der Waals surface area contributed by atoms with Gasteiger partial charge in [0.25, 0.3) is 0 Å². The second kappa shape index (κ2) is 9.15. The molecule has 1 spiro atoms. The fourth-order valence-electron chi connectivity index (χ4n) is 2.97. The molecule has 0 aromatic heterocycles. The lowest BCUT2D eigenvalue weighted by Crippen LogP contribution is -2.44. The summed E-state index contributed by atoms with van der Waals surface area (Å²) in [6, 6.07) is 0. The first-order chi connectivity index (χ1) is 10.7. The van der Waals surface area contributed by atoms with Crippen molar-refractivity contribution in [2.45, 2.75) is 95.5 Å². The highest BCUT2D eigenvalue weighted by Crippen LogP contribution is 2.34. The van der Waals surface area contributed by atoms with Gasteiger partial charge in [-0.05, 0) is 19.8 Å². The molecule has 1 aliphatic carbocycles. The van der Waals surface area contributed by atoms with Crippen LogP contribution in [0.1, 0.15) is 84.0 Å². The fraction of sp³-hybridized carbons (Fsp3) is 1.00. The fourth-order valence-corrected chi connectivity index (χ4v) is 2.97. The van der Waals surface area contributed by atoms with Crippen molar-refractivity contribution < 1.29 is 29.7 Å². The van der Waals surface area contributed by atoms with E-state index in [0.717, 1.165) is 25.7 Å². The van der Waals surface area contributed by atoms with Crippen LogP contribution in [0, 0.1) is 0 Å². The van der Waals surface area contributed by atoms with E-state index in [-0.39, 0.29) is 6.61 Å². The van der Waals surface area contributed by atoms with Gasteiger partial charge in [-0.3, -0.25) is 0 Å². The van der Waals surface area contributed by atoms with E-state index in [1.165, 1.54) is 32.1 Å². The molecule has 0 aromatic carbocycles. The molecule has 0 aromatic rings. The van der Waals surface area contributed by atoms with Crippen LogP contribution >= 0.6 is 0 Å². The van der Waals surface area contributed by atoms with Crippen molar-refractivity contribution in [3.63, 3.8) is 0 Å². The molecule has 130 valence electrons. The SMILES string of the molecule is CC1(OO)CCOOC2(CCCCCCCCCCC2)OO1. The van der Waals surface area contributed by atoms with Crippen LogP contribution in [0.15, 0.2) is 0 Å². The van der Waals surface area contributed by atoms with Gasteiger partial charge in [-0.25, -0.2) is 15.0 Å². The highest BCUT2D eigenvalue weighted by atomic mass is 17.3. The van der Waals surface area contributed by atoms with Gasteiger partial charge in [0.05, 0.1) is 6.61 Å². The summed E-state index contributed by atoms with van der Waals surface area (Å²) in [6.45, 7) is 1.90. The molecule has 1 heterocycles. The smallest absolute Gasteiger partial charge is 0.234 e. The average Bonchev–Trinajstić information content (AvgIpc) is 2.51. The van der Waals surface area contributed by atoms with Gasteiger partial charge < -0.3 is 0 Å². The van der Waals surface area contributed by atoms with Crippen molar-refractivity contribution in [1.29, 1.82) is 0 Å². The van der Waals surface area contributed by atoms with Crippen molar-refractivity contribution in [2.75, 3.05) is 6.61 Å². The van der Waals surface area contributed by atoms with Gasteiger partial charge in [0.15, 0.2) is 0 Å². The summed E-state index contributed by atoms with van der Waals surface area (Å²) in [5, 5.41) is 9.00. The lowest BCUT2D eigenvalue weighted by atomic mass is 9.97. The molecular formula is C16H30O6. The van der Waals surface area contributed by atoms with Gasteiger partial charge in [-0.15, -0.1) is 0 Å². The van der Waals surface area contributed by atoms with Gasteiger partial charge in [-0.2, -0.15) is 14.7 Å². The van der Waals surface area contributed by atoms with Crippen LogP contribution in [0.2, 0.25) is 0 Å². The van der Waals surface area contributed by atoms with Crippen LogP contribution in [-0.2, 0) is 24.4 Å². The monoisotopic (exact) mass is 318 g/mol. The van der Waals surface area contributed by atoms with Crippen molar-refractivity contribution in [2.24, 2.45) is 0 Å². The molecule has 2 aliphatic rings. The Morgan fingerprint density at radius 2 is 1.27 bits per heavy atom. The summed E-state index contributed by atoms with van der Waals surface area (Å²) in [7, 11) is 0. The van der Waals surface area contributed by atoms with E-state index in [4.69, 9.17) is 24.8 Å². The van der Waals surface area contributed by atoms with Gasteiger partial charge in [-0.1, -0.05) is 44.9 Å². The third kappa shape index (κ3) is 5.76. The summed E-state index contributed by atoms with van der Waals surface area (Å²) >= 11 is 0. The standard InChI is InChI=1S/C16H30O6/c1-15(19-17)13-14-18-21-16(22-20-15)11-9-7-5-3-2-4-6-8-10-12-16/h17H,2-14H2,1H3. The Kier molecular flexibility index (Phi) is 7.53. The van der Waals surface area contributed by atoms with Gasteiger partial charge >= 0.3 is 0 Å². The maximum Gasteiger partial charge on any atom is 0.234 e. The summed E-state index contributed by atoms with van der Waals surface area (Å²) in [5.41, 5.74) is 0. The van der Waals surface area contributed by atoms with E-state index in [0.29, 0.717) is 19.3 Å². The average molecular weight is 318 g/mol. The van der Waals surface area contributed by atoms with Gasteiger partial charge in [0.2, 0.25) is 11.6 Å². The largest absolute Gasteiger partial charge is 0.249 e. The molecule has 6 heteroatoms. The Balaban J connectivity index is 1.97. The zero-order chi connectivity index (χ0) is 15.7. The molecule has 0 radical (unpaired) electrons. The van der Waals surface area contributed by atoms with E-state index < -0.39 is 11.6 Å². The Bertz CT molecular complexity index is 299. The van der Waals surface area contributed by atoms with Gasteiger partial charge in [0, 0.05) is 19.3 Å². The summed E-state index contributed by atoms with van der Waals surface area (Å²) in [4.78, 5) is 26.2. The van der Waals surface area contributed by atoms with Crippen molar-refractivity contribution >= 4 is 0 Å². The quantitative estimate of drug-likeness (QED) is 0.567. The summed E-state index contributed by atoms with van der Waals surface area (Å²) in [6.07, 6.45) is 12.5. The minimum Gasteiger partial charge on any atom is -0.249 e. The first kappa shape index (κ1) is 18.1. The topological polar surface area (TPSA) is 66.4 Å². The molecule has 2 fully saturated rings. The predicted molar refractivity (Wildman–Crippen MR) is 79.5 cm³/mol. The normalized spacial score (nSPS) is 32.5. The predicted octanol–water partition coefficient (Wildman–Crippen LogP) is 4.49. The van der Waals surface area contributed by atoms with Crippen LogP contribution < -0.4 is 0 Å². The molecule has 2 rings (SSSR count). The molecule has 0 amide bonds. The molecule has 1 unspecified atom stereocenters. The molecule has 1 saturated heterocycles. The molecular weight excluding hydrogens is 288 g/mol. The highest BCUT2D eigenvalue weighted by molar-refractivity contribution is 4.71. The third-order valence-corrected chi connectivity index (χ3v) is 4.53. The molecule has 1 aliphatic heterocycles. The number of hydrogen-bond donors (Lipinski definition) is 1. The lowest BCUT2D eigenvalue weighted by molar-refractivity contribution is -0.592. The second-order valence-electron chi connectivity index (χ2n) is 6.64. The minimum absolute atomic E-state index is 0.280. The Hall–Kier alpha value is -0.240. The molecule has 1 saturated carbocycles. The van der Waals surface area contributed by atoms with Crippen LogP contribution in [-0.4, -0.2) is 23.4 Å². The van der Waals surface area contributed by atoms with E-state index in [1.807, 2.05) is 0 Å². The zero-order valence-corrected chi connectivity index (χ0v) is 13.7. The molecule has 0 bridgehead atoms. The zero-order valence-electron chi connectivity index (χ0n) is 13.7. The van der Waals surface area contributed by atoms with E-state index in [1.54, 1.807) is 6.92 Å². The van der Waals surface area contributed by atoms with E-state index in [9.17, 15) is 0 Å². The van der Waals surface area contributed by atoms with Crippen molar-refractivity contribution in [1.82, 2.24) is 0 Å². The first-order valence-corrected chi connectivity index (χ1v) is 8.68. The van der Waals surface area contributed by atoms with Crippen molar-refractivity contribution in [3.05, 3.63) is 0 Å². The molecule has 1 N–H and O–H groups in total. The maximum atomic E-state index is 9.00. The lowest BCUT2D eigenvalue weighted by Gasteiger charge is -2.37. The molecule has 6 nitrogen and oxygen atoms in total. The van der Waals surface area contributed by atoms with Crippen LogP contribution in [0.25, 0.3) is 0 Å². The van der Waals surface area contributed by atoms with Crippen LogP contribution in [0.3, 0.4) is 0 Å². The third-order valence-electron chi connectivity index (χ3n) is 4.53. The number of hydrogen-bond acceptors (Lipinski definition) is 6. The summed E-state index contributed by atoms with van der Waals surface area (Å²) in [5.74, 6) is -2.13. The molecule has 1 atom stereocenters. The van der Waals surface area contributed by atoms with Crippen LogP contribution in [0.4, 0.5) is 0 Å². The summed E-state index contributed by atoms with van der Waals surface area (Å²) < 4.78 is 0. The maximum absolute atomic E-state index is 9.00. The van der Waals surface area contributed by atoms with E-state index in [2.05, 4.69) is 4.89 Å². The van der Waals surface area contributed by atoms with E-state index >= 15 is 0 Å². The molecule has 22 heavy (non-hydrogen) atoms. The minimum atomic E-state index is -1.22. The van der Waals surface area contributed by atoms with Crippen LogP contribution in [0.5, 0.6) is 0 Å². The Morgan fingerprint density at radius 3 is 1.82 bits per heavy atom. The van der Waals surface area contributed by atoms with Gasteiger partial charge in [0.1, 0.15) is 0 Å².